The summed E-state index contributed by atoms with van der Waals surface area (Å²) in [4.78, 5) is 1.85. The molecule has 22 heavy (non-hydrogen) atoms. The van der Waals surface area contributed by atoms with Gasteiger partial charge in [-0.1, -0.05) is 18.2 Å². The van der Waals surface area contributed by atoms with Crippen LogP contribution in [0.2, 0.25) is 0 Å². The molecule has 0 bridgehead atoms. The number of halogens is 1. The predicted molar refractivity (Wildman–Crippen MR) is 81.8 cm³/mol. The van der Waals surface area contributed by atoms with Gasteiger partial charge in [-0.2, -0.15) is 0 Å². The van der Waals surface area contributed by atoms with Gasteiger partial charge in [-0.05, 0) is 19.5 Å². The van der Waals surface area contributed by atoms with E-state index in [0.29, 0.717) is 18.5 Å². The highest BCUT2D eigenvalue weighted by Crippen LogP contribution is 2.16. The lowest BCUT2D eigenvalue weighted by Gasteiger charge is -2.25. The molecule has 1 aromatic rings. The number of nitrogens with zero attached hydrogens (tertiary/aromatic N) is 1. The SMILES string of the molecule is CN(C[C@@H](O)COCc1ccccc1F)[C@@H]1CCS(=O)(=O)C1. The zero-order chi connectivity index (χ0) is 16.2. The smallest absolute Gasteiger partial charge is 0.151 e. The third kappa shape index (κ3) is 5.01. The Hall–Kier alpha value is -1.02. The maximum Gasteiger partial charge on any atom is 0.151 e. The molecule has 0 saturated carbocycles. The van der Waals surface area contributed by atoms with Crippen molar-refractivity contribution in [2.24, 2.45) is 0 Å². The van der Waals surface area contributed by atoms with E-state index in [1.165, 1.54) is 6.07 Å². The fourth-order valence-corrected chi connectivity index (χ4v) is 4.38. The molecule has 1 fully saturated rings. The Morgan fingerprint density at radius 2 is 2.18 bits per heavy atom. The van der Waals surface area contributed by atoms with Gasteiger partial charge in [0.25, 0.3) is 0 Å². The van der Waals surface area contributed by atoms with Crippen molar-refractivity contribution < 1.29 is 22.7 Å². The predicted octanol–water partition coefficient (Wildman–Crippen LogP) is 0.822. The third-order valence-electron chi connectivity index (χ3n) is 3.86. The van der Waals surface area contributed by atoms with E-state index in [4.69, 9.17) is 4.74 Å². The monoisotopic (exact) mass is 331 g/mol. The first-order chi connectivity index (χ1) is 10.4. The first-order valence-electron chi connectivity index (χ1n) is 7.27. The second kappa shape index (κ2) is 7.50. The van der Waals surface area contributed by atoms with Gasteiger partial charge in [-0.3, -0.25) is 4.90 Å². The van der Waals surface area contributed by atoms with Crippen LogP contribution in [-0.2, 0) is 21.2 Å². The highest BCUT2D eigenvalue weighted by atomic mass is 32.2. The van der Waals surface area contributed by atoms with Crippen LogP contribution in [0.3, 0.4) is 0 Å². The Kier molecular flexibility index (Phi) is 5.91. The van der Waals surface area contributed by atoms with Crippen LogP contribution < -0.4 is 0 Å². The average Bonchev–Trinajstić information content (AvgIpc) is 2.81. The molecule has 1 aromatic carbocycles. The van der Waals surface area contributed by atoms with Gasteiger partial charge in [0.1, 0.15) is 5.82 Å². The summed E-state index contributed by atoms with van der Waals surface area (Å²) in [7, 11) is -1.13. The summed E-state index contributed by atoms with van der Waals surface area (Å²) >= 11 is 0. The second-order valence-electron chi connectivity index (χ2n) is 5.76. The lowest BCUT2D eigenvalue weighted by Crippen LogP contribution is -2.39. The van der Waals surface area contributed by atoms with Gasteiger partial charge in [-0.25, -0.2) is 12.8 Å². The average molecular weight is 331 g/mol. The van der Waals surface area contributed by atoms with Crippen LogP contribution in [0.4, 0.5) is 4.39 Å². The Bertz CT molecular complexity index is 593. The van der Waals surface area contributed by atoms with Crippen LogP contribution in [0.25, 0.3) is 0 Å². The molecule has 1 heterocycles. The van der Waals surface area contributed by atoms with E-state index in [2.05, 4.69) is 0 Å². The molecule has 0 unspecified atom stereocenters. The summed E-state index contributed by atoms with van der Waals surface area (Å²) in [5, 5.41) is 9.95. The van der Waals surface area contributed by atoms with Gasteiger partial charge in [0.15, 0.2) is 9.84 Å². The fourth-order valence-electron chi connectivity index (χ4n) is 2.58. The van der Waals surface area contributed by atoms with Crippen LogP contribution >= 0.6 is 0 Å². The summed E-state index contributed by atoms with van der Waals surface area (Å²) in [5.74, 6) is 0.0269. The highest BCUT2D eigenvalue weighted by Gasteiger charge is 2.31. The minimum atomic E-state index is -2.93. The van der Waals surface area contributed by atoms with Crippen LogP contribution in [0.1, 0.15) is 12.0 Å². The lowest BCUT2D eigenvalue weighted by atomic mass is 10.2. The summed E-state index contributed by atoms with van der Waals surface area (Å²) < 4.78 is 41.6. The maximum atomic E-state index is 13.4. The van der Waals surface area contributed by atoms with E-state index >= 15 is 0 Å². The molecule has 2 atom stereocenters. The van der Waals surface area contributed by atoms with Crippen molar-refractivity contribution in [2.75, 3.05) is 31.7 Å². The minimum absolute atomic E-state index is 0.0498. The molecule has 0 aliphatic carbocycles. The Labute approximate surface area is 130 Å². The number of hydrogen-bond acceptors (Lipinski definition) is 5. The van der Waals surface area contributed by atoms with Crippen molar-refractivity contribution in [2.45, 2.75) is 25.2 Å². The highest BCUT2D eigenvalue weighted by molar-refractivity contribution is 7.91. The van der Waals surface area contributed by atoms with Crippen LogP contribution in [0.5, 0.6) is 0 Å². The van der Waals surface area contributed by atoms with Gasteiger partial charge < -0.3 is 9.84 Å². The quantitative estimate of drug-likeness (QED) is 0.801. The molecule has 7 heteroatoms. The van der Waals surface area contributed by atoms with E-state index in [-0.39, 0.29) is 36.6 Å². The topological polar surface area (TPSA) is 66.8 Å². The van der Waals surface area contributed by atoms with E-state index in [9.17, 15) is 17.9 Å². The van der Waals surface area contributed by atoms with Crippen molar-refractivity contribution in [3.05, 3.63) is 35.6 Å². The van der Waals surface area contributed by atoms with Crippen LogP contribution in [0.15, 0.2) is 24.3 Å². The summed E-state index contributed by atoms with van der Waals surface area (Å²) in [6.45, 7) is 0.515. The van der Waals surface area contributed by atoms with Gasteiger partial charge >= 0.3 is 0 Å². The lowest BCUT2D eigenvalue weighted by molar-refractivity contribution is 0.00837. The number of aliphatic hydroxyl groups excluding tert-OH is 1. The number of hydrogen-bond donors (Lipinski definition) is 1. The number of likely N-dealkylation sites (N-methyl/N-ethyl adjacent to an activating group) is 1. The first kappa shape index (κ1) is 17.3. The van der Waals surface area contributed by atoms with E-state index in [1.807, 2.05) is 4.90 Å². The van der Waals surface area contributed by atoms with Crippen LogP contribution in [-0.4, -0.2) is 62.3 Å². The van der Waals surface area contributed by atoms with Gasteiger partial charge in [0, 0.05) is 18.2 Å². The Balaban J connectivity index is 1.72. The zero-order valence-electron chi connectivity index (χ0n) is 12.6. The minimum Gasteiger partial charge on any atom is -0.389 e. The summed E-state index contributed by atoms with van der Waals surface area (Å²) in [5.41, 5.74) is 0.449. The first-order valence-corrected chi connectivity index (χ1v) is 9.09. The Morgan fingerprint density at radius 3 is 2.82 bits per heavy atom. The van der Waals surface area contributed by atoms with E-state index in [0.717, 1.165) is 0 Å². The number of benzene rings is 1. The number of aliphatic hydroxyl groups is 1. The van der Waals surface area contributed by atoms with Gasteiger partial charge in [0.2, 0.25) is 0 Å². The molecule has 1 saturated heterocycles. The molecule has 0 aromatic heterocycles. The molecular formula is C15H22FNO4S. The third-order valence-corrected chi connectivity index (χ3v) is 5.61. The number of rotatable bonds is 7. The molecule has 5 nitrogen and oxygen atoms in total. The molecule has 0 spiro atoms. The molecule has 0 radical (unpaired) electrons. The largest absolute Gasteiger partial charge is 0.389 e. The molecule has 1 N–H and O–H groups in total. The standard InChI is InChI=1S/C15H22FNO4S/c1-17(13-6-7-22(19,20)11-13)8-14(18)10-21-9-12-4-2-3-5-15(12)16/h2-5,13-14,18H,6-11H2,1H3/t13-,14-/m1/s1. The van der Waals surface area contributed by atoms with Crippen molar-refractivity contribution in [3.63, 3.8) is 0 Å². The molecule has 1 aliphatic rings. The number of sulfone groups is 1. The maximum absolute atomic E-state index is 13.4. The molecule has 0 amide bonds. The van der Waals surface area contributed by atoms with Gasteiger partial charge in [-0.15, -0.1) is 0 Å². The molecule has 124 valence electrons. The van der Waals surface area contributed by atoms with Gasteiger partial charge in [0.05, 0.1) is 30.8 Å². The van der Waals surface area contributed by atoms with Crippen molar-refractivity contribution in [3.8, 4) is 0 Å². The molecular weight excluding hydrogens is 309 g/mol. The fraction of sp³-hybridized carbons (Fsp3) is 0.600. The molecule has 1 aliphatic heterocycles. The second-order valence-corrected chi connectivity index (χ2v) is 7.99. The zero-order valence-corrected chi connectivity index (χ0v) is 13.4. The van der Waals surface area contributed by atoms with Crippen molar-refractivity contribution in [1.82, 2.24) is 4.90 Å². The normalized spacial score (nSPS) is 22.1. The van der Waals surface area contributed by atoms with Crippen LogP contribution in [0, 0.1) is 5.82 Å². The Morgan fingerprint density at radius 1 is 1.45 bits per heavy atom. The van der Waals surface area contributed by atoms with E-state index < -0.39 is 15.9 Å². The number of ether oxygens (including phenoxy) is 1. The van der Waals surface area contributed by atoms with Crippen molar-refractivity contribution >= 4 is 9.84 Å². The summed E-state index contributed by atoms with van der Waals surface area (Å²) in [6.07, 6.45) is -0.137. The van der Waals surface area contributed by atoms with E-state index in [1.54, 1.807) is 25.2 Å². The van der Waals surface area contributed by atoms with Crippen molar-refractivity contribution in [1.29, 1.82) is 0 Å². The molecule has 2 rings (SSSR count). The summed E-state index contributed by atoms with van der Waals surface area (Å²) in [6, 6.07) is 6.29.